The van der Waals surface area contributed by atoms with Gasteiger partial charge in [0.05, 0.1) is 29.5 Å². The summed E-state index contributed by atoms with van der Waals surface area (Å²) in [6.45, 7) is 4.80. The van der Waals surface area contributed by atoms with E-state index in [1.807, 2.05) is 24.6 Å². The van der Waals surface area contributed by atoms with Gasteiger partial charge in [-0.2, -0.15) is 5.10 Å². The van der Waals surface area contributed by atoms with Gasteiger partial charge in [-0.3, -0.25) is 4.68 Å². The van der Waals surface area contributed by atoms with E-state index in [9.17, 15) is 5.11 Å². The van der Waals surface area contributed by atoms with E-state index < -0.39 is 6.10 Å². The van der Waals surface area contributed by atoms with Crippen molar-refractivity contribution in [2.75, 3.05) is 0 Å². The van der Waals surface area contributed by atoms with Crippen molar-refractivity contribution in [3.63, 3.8) is 0 Å². The molecule has 2 aromatic heterocycles. The molecule has 19 heavy (non-hydrogen) atoms. The Labute approximate surface area is 141 Å². The van der Waals surface area contributed by atoms with Gasteiger partial charge >= 0.3 is 0 Å². The van der Waals surface area contributed by atoms with Crippen LogP contribution in [0.25, 0.3) is 0 Å². The van der Waals surface area contributed by atoms with Gasteiger partial charge in [-0.1, -0.05) is 0 Å². The lowest BCUT2D eigenvalue weighted by Crippen LogP contribution is -2.08. The molecule has 0 aliphatic rings. The Morgan fingerprint density at radius 3 is 2.63 bits per heavy atom. The van der Waals surface area contributed by atoms with Gasteiger partial charge in [0, 0.05) is 18.5 Å². The van der Waals surface area contributed by atoms with Crippen molar-refractivity contribution < 1.29 is 5.11 Å². The average molecular weight is 473 g/mol. The Bertz CT molecular complexity index is 594. The Morgan fingerprint density at radius 2 is 2.11 bits per heavy atom. The molecule has 0 aliphatic carbocycles. The van der Waals surface area contributed by atoms with E-state index in [1.54, 1.807) is 11.3 Å². The van der Waals surface area contributed by atoms with Gasteiger partial charge in [-0.25, -0.2) is 0 Å². The molecule has 0 aromatic carbocycles. The van der Waals surface area contributed by atoms with Crippen LogP contribution < -0.4 is 0 Å². The van der Waals surface area contributed by atoms with Crippen molar-refractivity contribution in [1.29, 1.82) is 0 Å². The number of halogens is 3. The monoisotopic (exact) mass is 470 g/mol. The van der Waals surface area contributed by atoms with Crippen LogP contribution in [0.15, 0.2) is 18.1 Å². The molecule has 0 saturated carbocycles. The number of aliphatic hydroxyl groups excluding tert-OH is 1. The quantitative estimate of drug-likeness (QED) is 0.691. The molecule has 2 heterocycles. The Hall–Kier alpha value is 0.310. The third kappa shape index (κ3) is 3.32. The van der Waals surface area contributed by atoms with Crippen molar-refractivity contribution in [3.05, 3.63) is 35.1 Å². The number of hydrogen-bond donors (Lipinski definition) is 1. The molecule has 0 amide bonds. The average Bonchev–Trinajstić information content (AvgIpc) is 2.83. The third-order valence-electron chi connectivity index (χ3n) is 2.88. The second-order valence-electron chi connectivity index (χ2n) is 4.16. The number of aliphatic hydroxyl groups is 1. The summed E-state index contributed by atoms with van der Waals surface area (Å²) in [7, 11) is 0. The van der Waals surface area contributed by atoms with Crippen LogP contribution in [-0.4, -0.2) is 14.9 Å². The Morgan fingerprint density at radius 1 is 1.42 bits per heavy atom. The number of hydrogen-bond acceptors (Lipinski definition) is 3. The zero-order chi connectivity index (χ0) is 14.2. The summed E-state index contributed by atoms with van der Waals surface area (Å²) < 4.78 is 4.88. The topological polar surface area (TPSA) is 38.0 Å². The lowest BCUT2D eigenvalue weighted by Gasteiger charge is -2.11. The molecular formula is C12H13Br3N2OS. The summed E-state index contributed by atoms with van der Waals surface area (Å²) >= 11 is 12.0. The van der Waals surface area contributed by atoms with Gasteiger partial charge < -0.3 is 5.11 Å². The zero-order valence-electron chi connectivity index (χ0n) is 10.5. The summed E-state index contributed by atoms with van der Waals surface area (Å²) in [5.41, 5.74) is 2.89. The molecule has 0 saturated heterocycles. The summed E-state index contributed by atoms with van der Waals surface area (Å²) in [6.07, 6.45) is -0.00792. The number of thiophene rings is 1. The first-order valence-corrected chi connectivity index (χ1v) is 8.98. The fraction of sp³-hybridized carbons (Fsp3) is 0.417. The fourth-order valence-electron chi connectivity index (χ4n) is 1.94. The highest BCUT2D eigenvalue weighted by Crippen LogP contribution is 2.37. The van der Waals surface area contributed by atoms with Gasteiger partial charge in [-0.05, 0) is 67.7 Å². The maximum absolute atomic E-state index is 10.4. The first-order valence-electron chi connectivity index (χ1n) is 5.78. The molecule has 0 fully saturated rings. The molecular weight excluding hydrogens is 460 g/mol. The van der Waals surface area contributed by atoms with Gasteiger partial charge in [0.2, 0.25) is 0 Å². The number of aromatic nitrogens is 2. The van der Waals surface area contributed by atoms with Gasteiger partial charge in [0.15, 0.2) is 0 Å². The van der Waals surface area contributed by atoms with Crippen LogP contribution in [0.1, 0.15) is 30.0 Å². The van der Waals surface area contributed by atoms with E-state index in [1.165, 1.54) is 0 Å². The molecule has 0 aliphatic heterocycles. The van der Waals surface area contributed by atoms with Gasteiger partial charge in [0.1, 0.15) is 0 Å². The van der Waals surface area contributed by atoms with Crippen LogP contribution in [0.2, 0.25) is 0 Å². The van der Waals surface area contributed by atoms with E-state index in [4.69, 9.17) is 0 Å². The third-order valence-corrected chi connectivity index (χ3v) is 6.30. The molecule has 104 valence electrons. The Kier molecular flexibility index (Phi) is 5.28. The van der Waals surface area contributed by atoms with Crippen molar-refractivity contribution in [2.24, 2.45) is 0 Å². The highest BCUT2D eigenvalue weighted by molar-refractivity contribution is 9.12. The fourth-order valence-corrected chi connectivity index (χ4v) is 5.34. The maximum Gasteiger partial charge on any atom is 0.0865 e. The minimum absolute atomic E-state index is 0.539. The predicted octanol–water partition coefficient (Wildman–Crippen LogP) is 4.84. The molecule has 0 radical (unpaired) electrons. The van der Waals surface area contributed by atoms with Crippen LogP contribution in [-0.2, 0) is 13.0 Å². The van der Waals surface area contributed by atoms with Crippen molar-refractivity contribution >= 4 is 59.1 Å². The number of aryl methyl sites for hydroxylation is 2. The van der Waals surface area contributed by atoms with Gasteiger partial charge in [-0.15, -0.1) is 11.3 Å². The van der Waals surface area contributed by atoms with Crippen molar-refractivity contribution in [2.45, 2.75) is 32.9 Å². The van der Waals surface area contributed by atoms with E-state index in [2.05, 4.69) is 52.9 Å². The normalized spacial score (nSPS) is 12.9. The zero-order valence-corrected chi connectivity index (χ0v) is 16.0. The summed E-state index contributed by atoms with van der Waals surface area (Å²) in [5.74, 6) is 0. The molecule has 1 N–H and O–H groups in total. The summed E-state index contributed by atoms with van der Waals surface area (Å²) in [6, 6.07) is 1.95. The summed E-state index contributed by atoms with van der Waals surface area (Å²) in [5, 5.41) is 14.9. The highest BCUT2D eigenvalue weighted by Gasteiger charge is 2.20. The molecule has 7 heteroatoms. The largest absolute Gasteiger partial charge is 0.388 e. The van der Waals surface area contributed by atoms with E-state index in [0.29, 0.717) is 6.42 Å². The van der Waals surface area contributed by atoms with Crippen LogP contribution in [0, 0.1) is 6.92 Å². The Balaban J connectivity index is 2.28. The van der Waals surface area contributed by atoms with Crippen LogP contribution >= 0.6 is 59.1 Å². The van der Waals surface area contributed by atoms with E-state index in [-0.39, 0.29) is 0 Å². The first-order chi connectivity index (χ1) is 8.93. The smallest absolute Gasteiger partial charge is 0.0865 e. The second kappa shape index (κ2) is 6.39. The highest BCUT2D eigenvalue weighted by atomic mass is 79.9. The molecule has 2 rings (SSSR count). The predicted molar refractivity (Wildman–Crippen MR) is 88.7 cm³/mol. The first kappa shape index (κ1) is 15.7. The molecule has 3 nitrogen and oxygen atoms in total. The van der Waals surface area contributed by atoms with Gasteiger partial charge in [0.25, 0.3) is 0 Å². The standard InChI is InChI=1S/C12H13Br3N2OS/c1-3-17-8(11(14)6(2)16-17)5-9(18)7-4-10(13)19-12(7)15/h4,9,18H,3,5H2,1-2H3. The number of rotatable bonds is 4. The SMILES string of the molecule is CCn1nc(C)c(Br)c1CC(O)c1cc(Br)sc1Br. The van der Waals surface area contributed by atoms with Crippen LogP contribution in [0.5, 0.6) is 0 Å². The van der Waals surface area contributed by atoms with E-state index >= 15 is 0 Å². The lowest BCUT2D eigenvalue weighted by molar-refractivity contribution is 0.175. The molecule has 0 bridgehead atoms. The van der Waals surface area contributed by atoms with Crippen molar-refractivity contribution in [1.82, 2.24) is 9.78 Å². The molecule has 0 spiro atoms. The molecule has 1 unspecified atom stereocenters. The second-order valence-corrected chi connectivity index (χ2v) is 8.70. The lowest BCUT2D eigenvalue weighted by atomic mass is 10.1. The maximum atomic E-state index is 10.4. The minimum atomic E-state index is -0.547. The van der Waals surface area contributed by atoms with E-state index in [0.717, 1.165) is 35.5 Å². The minimum Gasteiger partial charge on any atom is -0.388 e. The number of nitrogens with zero attached hydrogens (tertiary/aromatic N) is 2. The molecule has 2 aromatic rings. The van der Waals surface area contributed by atoms with Crippen LogP contribution in [0.4, 0.5) is 0 Å². The van der Waals surface area contributed by atoms with Crippen LogP contribution in [0.3, 0.4) is 0 Å². The molecule has 1 atom stereocenters. The summed E-state index contributed by atoms with van der Waals surface area (Å²) in [4.78, 5) is 0. The van der Waals surface area contributed by atoms with Crippen molar-refractivity contribution in [3.8, 4) is 0 Å².